The molecule has 2 rings (SSSR count). The van der Waals surface area contributed by atoms with Crippen LogP contribution in [0.4, 0.5) is 4.39 Å². The molecule has 0 bridgehead atoms. The number of allylic oxidation sites excluding steroid dienone is 1. The monoisotopic (exact) mass is 348 g/mol. The normalized spacial score (nSPS) is 10.2. The second kappa shape index (κ2) is 6.68. The Labute approximate surface area is 131 Å². The van der Waals surface area contributed by atoms with E-state index in [1.54, 1.807) is 43.3 Å². The number of hydrogen-bond donors (Lipinski definition) is 0. The Bertz CT molecular complexity index is 695. The van der Waals surface area contributed by atoms with Gasteiger partial charge in [-0.25, -0.2) is 9.18 Å². The molecule has 0 aromatic heterocycles. The maximum Gasteiger partial charge on any atom is 0.343 e. The Kier molecular flexibility index (Phi) is 4.91. The van der Waals surface area contributed by atoms with Crippen LogP contribution in [-0.2, 0) is 10.1 Å². The molecule has 0 spiro atoms. The van der Waals surface area contributed by atoms with Crippen molar-refractivity contribution in [2.75, 3.05) is 0 Å². The third-order valence-electron chi connectivity index (χ3n) is 2.92. The summed E-state index contributed by atoms with van der Waals surface area (Å²) in [5, 5.41) is 0.443. The minimum absolute atomic E-state index is 0.313. The van der Waals surface area contributed by atoms with Gasteiger partial charge in [-0.05, 0) is 35.7 Å². The number of ether oxygens (including phenoxy) is 1. The highest BCUT2D eigenvalue weighted by atomic mass is 79.9. The number of rotatable bonds is 4. The van der Waals surface area contributed by atoms with Gasteiger partial charge in [-0.2, -0.15) is 0 Å². The molecule has 0 aliphatic carbocycles. The van der Waals surface area contributed by atoms with Gasteiger partial charge in [0.05, 0.1) is 11.3 Å². The molecule has 0 radical (unpaired) electrons. The highest BCUT2D eigenvalue weighted by Gasteiger charge is 2.15. The lowest BCUT2D eigenvalue weighted by atomic mass is 9.98. The predicted molar refractivity (Wildman–Crippen MR) is 84.7 cm³/mol. The van der Waals surface area contributed by atoms with Crippen LogP contribution >= 0.6 is 15.9 Å². The molecule has 4 heteroatoms. The number of carbonyl (C=O) groups excluding carboxylic acids is 1. The van der Waals surface area contributed by atoms with Gasteiger partial charge in [0.2, 0.25) is 0 Å². The molecule has 0 amide bonds. The summed E-state index contributed by atoms with van der Waals surface area (Å²) in [7, 11) is 0. The fourth-order valence-electron chi connectivity index (χ4n) is 1.95. The van der Waals surface area contributed by atoms with Crippen molar-refractivity contribution in [1.82, 2.24) is 0 Å². The maximum atomic E-state index is 13.9. The van der Waals surface area contributed by atoms with E-state index in [1.807, 2.05) is 0 Å². The lowest BCUT2D eigenvalue weighted by Crippen LogP contribution is -2.05. The molecule has 108 valence electrons. The molecule has 0 atom stereocenters. The van der Waals surface area contributed by atoms with Crippen molar-refractivity contribution < 1.29 is 13.9 Å². The summed E-state index contributed by atoms with van der Waals surface area (Å²) in [6, 6.07) is 11.8. The quantitative estimate of drug-likeness (QED) is 0.437. The summed E-state index contributed by atoms with van der Waals surface area (Å²) in [5.41, 5.74) is 2.21. The summed E-state index contributed by atoms with van der Waals surface area (Å²) in [5.74, 6) is -0.494. The van der Waals surface area contributed by atoms with Crippen LogP contribution in [0.25, 0.3) is 11.1 Å². The molecule has 2 aromatic carbocycles. The number of alkyl halides is 1. The van der Waals surface area contributed by atoms with Crippen LogP contribution in [0.3, 0.4) is 0 Å². The lowest BCUT2D eigenvalue weighted by Gasteiger charge is -2.10. The zero-order valence-corrected chi connectivity index (χ0v) is 13.1. The molecule has 0 unspecified atom stereocenters. The fraction of sp³-hybridized carbons (Fsp3) is 0.118. The van der Waals surface area contributed by atoms with Crippen LogP contribution in [0, 0.1) is 5.82 Å². The van der Waals surface area contributed by atoms with Gasteiger partial charge in [0.15, 0.2) is 0 Å². The molecular weight excluding hydrogens is 335 g/mol. The molecule has 0 heterocycles. The zero-order chi connectivity index (χ0) is 15.4. The van der Waals surface area contributed by atoms with E-state index in [2.05, 4.69) is 22.5 Å². The number of esters is 1. The summed E-state index contributed by atoms with van der Waals surface area (Å²) in [6.07, 6.45) is 0. The Morgan fingerprint density at radius 2 is 2.00 bits per heavy atom. The number of hydrogen-bond acceptors (Lipinski definition) is 2. The van der Waals surface area contributed by atoms with Crippen LogP contribution in [0.15, 0.2) is 54.8 Å². The molecule has 21 heavy (non-hydrogen) atoms. The molecule has 0 aliphatic heterocycles. The van der Waals surface area contributed by atoms with Gasteiger partial charge in [-0.15, -0.1) is 0 Å². The number of carbonyl (C=O) groups is 1. The fourth-order valence-corrected chi connectivity index (χ4v) is 2.40. The molecule has 0 N–H and O–H groups in total. The van der Waals surface area contributed by atoms with Gasteiger partial charge in [0.25, 0.3) is 0 Å². The van der Waals surface area contributed by atoms with Gasteiger partial charge in [0, 0.05) is 5.33 Å². The molecule has 0 saturated heterocycles. The van der Waals surface area contributed by atoms with Gasteiger partial charge in [0.1, 0.15) is 5.82 Å². The van der Waals surface area contributed by atoms with Crippen molar-refractivity contribution >= 4 is 21.9 Å². The van der Waals surface area contributed by atoms with E-state index in [0.29, 0.717) is 33.3 Å². The van der Waals surface area contributed by atoms with E-state index in [4.69, 9.17) is 4.74 Å². The third kappa shape index (κ3) is 3.58. The summed E-state index contributed by atoms with van der Waals surface area (Å²) < 4.78 is 19.0. The summed E-state index contributed by atoms with van der Waals surface area (Å²) >= 11 is 3.23. The minimum Gasteiger partial charge on any atom is -0.428 e. The second-order valence-corrected chi connectivity index (χ2v) is 5.14. The van der Waals surface area contributed by atoms with Gasteiger partial charge < -0.3 is 4.74 Å². The molecule has 0 aliphatic rings. The molecule has 2 nitrogen and oxygen atoms in total. The molecule has 0 fully saturated rings. The molecular formula is C17H14BrFO2. The van der Waals surface area contributed by atoms with E-state index in [1.165, 1.54) is 6.07 Å². The van der Waals surface area contributed by atoms with E-state index in [9.17, 15) is 9.18 Å². The van der Waals surface area contributed by atoms with Crippen LogP contribution < -0.4 is 0 Å². The van der Waals surface area contributed by atoms with Gasteiger partial charge >= 0.3 is 5.97 Å². The number of halogens is 2. The average molecular weight is 349 g/mol. The average Bonchev–Trinajstić information content (AvgIpc) is 2.46. The van der Waals surface area contributed by atoms with E-state index < -0.39 is 5.97 Å². The number of benzene rings is 2. The van der Waals surface area contributed by atoms with Crippen molar-refractivity contribution in [3.05, 3.63) is 71.7 Å². The standard InChI is InChI=1S/C17H14BrFO2/c1-11(2)21-17(20)15-6-4-3-5-14(15)12-7-8-13(10-18)16(19)9-12/h3-9H,1,10H2,2H3. The Hall–Kier alpha value is -1.94. The zero-order valence-electron chi connectivity index (χ0n) is 11.5. The van der Waals surface area contributed by atoms with Gasteiger partial charge in [-0.3, -0.25) is 0 Å². The SMILES string of the molecule is C=C(C)OC(=O)c1ccccc1-c1ccc(CBr)c(F)c1. The van der Waals surface area contributed by atoms with Crippen molar-refractivity contribution in [1.29, 1.82) is 0 Å². The first-order chi connectivity index (χ1) is 10.0. The van der Waals surface area contributed by atoms with E-state index in [-0.39, 0.29) is 5.82 Å². The van der Waals surface area contributed by atoms with Crippen LogP contribution in [-0.4, -0.2) is 5.97 Å². The Morgan fingerprint density at radius 3 is 2.62 bits per heavy atom. The van der Waals surface area contributed by atoms with E-state index in [0.717, 1.165) is 0 Å². The highest BCUT2D eigenvalue weighted by Crippen LogP contribution is 2.27. The Balaban J connectivity index is 2.47. The van der Waals surface area contributed by atoms with Crippen LogP contribution in [0.1, 0.15) is 22.8 Å². The van der Waals surface area contributed by atoms with Crippen molar-refractivity contribution in [3.8, 4) is 11.1 Å². The summed E-state index contributed by atoms with van der Waals surface area (Å²) in [6.45, 7) is 5.15. The van der Waals surface area contributed by atoms with E-state index >= 15 is 0 Å². The largest absolute Gasteiger partial charge is 0.428 e. The van der Waals surface area contributed by atoms with Crippen molar-refractivity contribution in [2.24, 2.45) is 0 Å². The first-order valence-electron chi connectivity index (χ1n) is 6.34. The minimum atomic E-state index is -0.497. The van der Waals surface area contributed by atoms with Crippen molar-refractivity contribution in [3.63, 3.8) is 0 Å². The van der Waals surface area contributed by atoms with Gasteiger partial charge in [-0.1, -0.05) is 52.8 Å². The van der Waals surface area contributed by atoms with Crippen LogP contribution in [0.5, 0.6) is 0 Å². The smallest absolute Gasteiger partial charge is 0.343 e. The Morgan fingerprint density at radius 1 is 1.29 bits per heavy atom. The third-order valence-corrected chi connectivity index (χ3v) is 3.53. The summed E-state index contributed by atoms with van der Waals surface area (Å²) in [4.78, 5) is 12.1. The highest BCUT2D eigenvalue weighted by molar-refractivity contribution is 9.08. The second-order valence-electron chi connectivity index (χ2n) is 4.58. The van der Waals surface area contributed by atoms with Crippen molar-refractivity contribution in [2.45, 2.75) is 12.3 Å². The molecule has 0 saturated carbocycles. The van der Waals surface area contributed by atoms with Crippen LogP contribution in [0.2, 0.25) is 0 Å². The topological polar surface area (TPSA) is 26.3 Å². The first kappa shape index (κ1) is 15.4. The lowest BCUT2D eigenvalue weighted by molar-refractivity contribution is 0.0628. The predicted octanol–water partition coefficient (Wildman–Crippen LogP) is 5.08. The molecule has 2 aromatic rings. The first-order valence-corrected chi connectivity index (χ1v) is 7.46. The maximum absolute atomic E-state index is 13.9.